The zero-order valence-corrected chi connectivity index (χ0v) is 18.7. The Morgan fingerprint density at radius 1 is 1.20 bits per heavy atom. The Morgan fingerprint density at radius 3 is 2.46 bits per heavy atom. The Kier molecular flexibility index (Phi) is 5.57. The van der Waals surface area contributed by atoms with Gasteiger partial charge in [0.1, 0.15) is 22.8 Å². The highest BCUT2D eigenvalue weighted by atomic mass is 16.5. The third kappa shape index (κ3) is 3.19. The van der Waals surface area contributed by atoms with Crippen molar-refractivity contribution < 1.29 is 49.4 Å². The number of ketones is 2. The molecular formula is C24H23NO10. The number of primary amides is 1. The number of aromatic hydroxyl groups is 1. The van der Waals surface area contributed by atoms with Gasteiger partial charge in [-0.2, -0.15) is 0 Å². The van der Waals surface area contributed by atoms with Crippen LogP contribution in [0.3, 0.4) is 0 Å². The molecule has 0 unspecified atom stereocenters. The van der Waals surface area contributed by atoms with Crippen molar-refractivity contribution in [3.63, 3.8) is 0 Å². The maximum Gasteiger partial charge on any atom is 0.330 e. The number of allylic oxidation sites excluding steroid dienone is 1. The number of phenols is 1. The van der Waals surface area contributed by atoms with E-state index < -0.39 is 87.7 Å². The summed E-state index contributed by atoms with van der Waals surface area (Å²) in [6, 6.07) is 2.97. The molecule has 3 aliphatic rings. The van der Waals surface area contributed by atoms with Crippen LogP contribution in [0.15, 0.2) is 40.9 Å². The second kappa shape index (κ2) is 8.07. The van der Waals surface area contributed by atoms with Gasteiger partial charge in [-0.1, -0.05) is 19.1 Å². The number of carbonyl (C=O) groups is 4. The lowest BCUT2D eigenvalue weighted by Crippen LogP contribution is -2.62. The van der Waals surface area contributed by atoms with E-state index >= 15 is 0 Å². The van der Waals surface area contributed by atoms with E-state index in [0.29, 0.717) is 5.56 Å². The number of ether oxygens (including phenoxy) is 1. The summed E-state index contributed by atoms with van der Waals surface area (Å²) in [5.74, 6) is -10.0. The molecule has 1 amide bonds. The number of hydrogen-bond donors (Lipinski definition) is 6. The van der Waals surface area contributed by atoms with Crippen molar-refractivity contribution in [3.05, 3.63) is 57.6 Å². The third-order valence-corrected chi connectivity index (χ3v) is 7.13. The Labute approximate surface area is 198 Å². The largest absolute Gasteiger partial charge is 0.511 e. The van der Waals surface area contributed by atoms with Crippen molar-refractivity contribution in [2.45, 2.75) is 31.0 Å². The first-order valence-corrected chi connectivity index (χ1v) is 10.6. The zero-order chi connectivity index (χ0) is 26.0. The van der Waals surface area contributed by atoms with E-state index in [1.54, 1.807) is 6.92 Å². The monoisotopic (exact) mass is 485 g/mol. The lowest BCUT2D eigenvalue weighted by molar-refractivity contribution is -0.154. The number of amides is 1. The van der Waals surface area contributed by atoms with Crippen molar-refractivity contribution in [3.8, 4) is 5.75 Å². The minimum Gasteiger partial charge on any atom is -0.511 e. The first-order chi connectivity index (χ1) is 16.4. The molecule has 0 saturated heterocycles. The minimum atomic E-state index is -2.90. The van der Waals surface area contributed by atoms with Gasteiger partial charge >= 0.3 is 5.97 Å². The standard InChI is InChI=1S/C24H23NO10/c1-8-10-5-3-9(4-6-13(27)35-2)18(28)15(10)20(30)17-14(8)19(29)11-7-12(26)16(23(25)33)21(31)24(11,34)22(17)32/h3-6,8,11,14,19,26,28-29,32,34H,7H2,1-2H3,(H2,25,33)/b6-4+/t8-,11+,14+,19+,24+/m0/s1. The molecule has 5 atom stereocenters. The van der Waals surface area contributed by atoms with E-state index in [2.05, 4.69) is 4.74 Å². The quantitative estimate of drug-likeness (QED) is 0.196. The average molecular weight is 485 g/mol. The molecule has 0 saturated carbocycles. The van der Waals surface area contributed by atoms with Crippen molar-refractivity contribution in [1.82, 2.24) is 0 Å². The topological polar surface area (TPSA) is 205 Å². The number of phenolic OH excluding ortho intramolecular Hbond substituents is 1. The predicted octanol–water partition coefficient (Wildman–Crippen LogP) is 0.298. The zero-order valence-electron chi connectivity index (χ0n) is 18.7. The molecule has 0 bridgehead atoms. The number of hydrogen-bond acceptors (Lipinski definition) is 10. The fourth-order valence-electron chi connectivity index (χ4n) is 5.37. The lowest BCUT2D eigenvalue weighted by atomic mass is 9.56. The van der Waals surface area contributed by atoms with E-state index in [-0.39, 0.29) is 11.1 Å². The number of fused-ring (bicyclic) bond motifs is 3. The number of nitrogens with two attached hydrogens (primary N) is 1. The molecular weight excluding hydrogens is 462 g/mol. The summed E-state index contributed by atoms with van der Waals surface area (Å²) in [5, 5.41) is 54.6. The van der Waals surface area contributed by atoms with Crippen LogP contribution in [0.5, 0.6) is 5.75 Å². The molecule has 11 nitrogen and oxygen atoms in total. The van der Waals surface area contributed by atoms with Crippen molar-refractivity contribution in [2.75, 3.05) is 7.11 Å². The van der Waals surface area contributed by atoms with Gasteiger partial charge < -0.3 is 36.0 Å². The second-order valence-electron chi connectivity index (χ2n) is 8.81. The highest BCUT2D eigenvalue weighted by molar-refractivity contribution is 6.24. The van der Waals surface area contributed by atoms with Gasteiger partial charge in [-0.15, -0.1) is 0 Å². The highest BCUT2D eigenvalue weighted by Gasteiger charge is 2.64. The first-order valence-electron chi connectivity index (χ1n) is 10.6. The molecule has 0 spiro atoms. The van der Waals surface area contributed by atoms with E-state index in [1.165, 1.54) is 18.2 Å². The van der Waals surface area contributed by atoms with Crippen LogP contribution in [0.25, 0.3) is 6.08 Å². The lowest BCUT2D eigenvalue weighted by Gasteiger charge is -2.50. The van der Waals surface area contributed by atoms with Crippen molar-refractivity contribution in [2.24, 2.45) is 17.6 Å². The van der Waals surface area contributed by atoms with E-state index in [0.717, 1.165) is 13.2 Å². The first kappa shape index (κ1) is 24.2. The molecule has 1 aromatic rings. The molecule has 11 heteroatoms. The number of esters is 1. The maximum absolute atomic E-state index is 13.5. The van der Waals surface area contributed by atoms with Crippen LogP contribution >= 0.6 is 0 Å². The number of aliphatic hydroxyl groups is 4. The van der Waals surface area contributed by atoms with Gasteiger partial charge in [0.05, 0.1) is 18.8 Å². The summed E-state index contributed by atoms with van der Waals surface area (Å²) >= 11 is 0. The van der Waals surface area contributed by atoms with Gasteiger partial charge in [0.2, 0.25) is 5.78 Å². The summed E-state index contributed by atoms with van der Waals surface area (Å²) in [5.41, 5.74) is 0.998. The molecule has 184 valence electrons. The number of methoxy groups -OCH3 is 1. The number of Topliss-reactive ketones (excluding diaryl/α,β-unsaturated/α-hetero) is 2. The molecule has 7 N–H and O–H groups in total. The normalized spacial score (nSPS) is 30.2. The smallest absolute Gasteiger partial charge is 0.330 e. The molecule has 0 radical (unpaired) electrons. The summed E-state index contributed by atoms with van der Waals surface area (Å²) in [6.45, 7) is 1.62. The molecule has 0 fully saturated rings. The highest BCUT2D eigenvalue weighted by Crippen LogP contribution is 2.55. The van der Waals surface area contributed by atoms with E-state index in [1.807, 2.05) is 0 Å². The average Bonchev–Trinajstić information content (AvgIpc) is 2.80. The summed E-state index contributed by atoms with van der Waals surface area (Å²) in [7, 11) is 1.16. The molecule has 0 aliphatic heterocycles. The third-order valence-electron chi connectivity index (χ3n) is 7.13. The SMILES string of the molecule is COC(=O)/C=C/c1ccc2c(c1O)C(=O)C1=C(O)[C@]3(O)C(=O)C(C(N)=O)=C(O)C[C@@H]3[C@@H](O)[C@@H]1[C@H]2C. The van der Waals surface area contributed by atoms with E-state index in [4.69, 9.17) is 5.73 Å². The van der Waals surface area contributed by atoms with Crippen LogP contribution in [0.4, 0.5) is 0 Å². The maximum atomic E-state index is 13.5. The van der Waals surface area contributed by atoms with Gasteiger partial charge in [0, 0.05) is 35.5 Å². The molecule has 3 aliphatic carbocycles. The number of rotatable bonds is 3. The summed E-state index contributed by atoms with van der Waals surface area (Å²) in [6.07, 6.45) is 0.0992. The fraction of sp³-hybridized carbons (Fsp3) is 0.333. The second-order valence-corrected chi connectivity index (χ2v) is 8.81. The Hall–Kier alpha value is -3.96. The molecule has 0 heterocycles. The van der Waals surface area contributed by atoms with Crippen LogP contribution in [0.1, 0.15) is 40.7 Å². The van der Waals surface area contributed by atoms with Crippen LogP contribution in [0.2, 0.25) is 0 Å². The predicted molar refractivity (Wildman–Crippen MR) is 118 cm³/mol. The summed E-state index contributed by atoms with van der Waals surface area (Å²) in [4.78, 5) is 49.7. The molecule has 35 heavy (non-hydrogen) atoms. The Morgan fingerprint density at radius 2 is 1.86 bits per heavy atom. The van der Waals surface area contributed by atoms with Gasteiger partial charge in [-0.25, -0.2) is 4.79 Å². The van der Waals surface area contributed by atoms with Gasteiger partial charge in [-0.05, 0) is 17.6 Å². The summed E-state index contributed by atoms with van der Waals surface area (Å²) < 4.78 is 4.51. The molecule has 0 aromatic heterocycles. The Bertz CT molecular complexity index is 1290. The number of benzene rings is 1. The number of carbonyl (C=O) groups excluding carboxylic acids is 4. The molecule has 1 aromatic carbocycles. The van der Waals surface area contributed by atoms with Gasteiger partial charge in [-0.3, -0.25) is 14.4 Å². The minimum absolute atomic E-state index is 0.0822. The van der Waals surface area contributed by atoms with Crippen molar-refractivity contribution >= 4 is 29.5 Å². The van der Waals surface area contributed by atoms with Crippen LogP contribution in [-0.2, 0) is 19.1 Å². The molecule has 4 rings (SSSR count). The van der Waals surface area contributed by atoms with Gasteiger partial charge in [0.15, 0.2) is 11.4 Å². The van der Waals surface area contributed by atoms with E-state index in [9.17, 15) is 44.7 Å². The fourth-order valence-corrected chi connectivity index (χ4v) is 5.37. The Balaban J connectivity index is 1.93. The number of aliphatic hydroxyl groups excluding tert-OH is 3. The van der Waals surface area contributed by atoms with Crippen LogP contribution in [0, 0.1) is 11.8 Å². The van der Waals surface area contributed by atoms with Gasteiger partial charge in [0.25, 0.3) is 5.91 Å². The van der Waals surface area contributed by atoms with Crippen molar-refractivity contribution in [1.29, 1.82) is 0 Å². The van der Waals surface area contributed by atoms with Crippen LogP contribution in [-0.4, -0.2) is 67.8 Å². The van der Waals surface area contributed by atoms with Crippen LogP contribution < -0.4 is 5.73 Å².